The highest BCUT2D eigenvalue weighted by molar-refractivity contribution is 5.89. The summed E-state index contributed by atoms with van der Waals surface area (Å²) in [6.07, 6.45) is -0.314. The lowest BCUT2D eigenvalue weighted by Crippen LogP contribution is -2.24. The number of carbonyl (C=O) groups is 2. The molecule has 1 fully saturated rings. The van der Waals surface area contributed by atoms with Crippen molar-refractivity contribution in [1.29, 1.82) is 0 Å². The summed E-state index contributed by atoms with van der Waals surface area (Å²) in [6.45, 7) is 0.537. The number of aryl methyl sites for hydroxylation is 1. The molecule has 1 saturated heterocycles. The van der Waals surface area contributed by atoms with Gasteiger partial charge >= 0.3 is 12.1 Å². The van der Waals surface area contributed by atoms with Crippen LogP contribution in [0.2, 0.25) is 0 Å². The fourth-order valence-electron chi connectivity index (χ4n) is 1.78. The molecule has 0 spiro atoms. The Morgan fingerprint density at radius 3 is 2.89 bits per heavy atom. The molecule has 1 amide bonds. The van der Waals surface area contributed by atoms with Crippen LogP contribution >= 0.6 is 0 Å². The van der Waals surface area contributed by atoms with Crippen molar-refractivity contribution in [3.8, 4) is 0 Å². The van der Waals surface area contributed by atoms with Crippen LogP contribution in [0.4, 0.5) is 14.9 Å². The normalized spacial score (nSPS) is 14.7. The van der Waals surface area contributed by atoms with Gasteiger partial charge in [-0.15, -0.1) is 0 Å². The number of rotatable bonds is 4. The van der Waals surface area contributed by atoms with Gasteiger partial charge in [0.25, 0.3) is 0 Å². The topological polar surface area (TPSA) is 66.8 Å². The Labute approximate surface area is 103 Å². The number of amides is 1. The van der Waals surface area contributed by atoms with Crippen LogP contribution in [0.3, 0.4) is 0 Å². The number of anilines is 1. The van der Waals surface area contributed by atoms with E-state index >= 15 is 0 Å². The average Bonchev–Trinajstić information content (AvgIpc) is 2.74. The predicted molar refractivity (Wildman–Crippen MR) is 61.1 cm³/mol. The number of benzene rings is 1. The summed E-state index contributed by atoms with van der Waals surface area (Å²) in [4.78, 5) is 23.0. The molecule has 96 valence electrons. The number of aliphatic carboxylic acids is 1. The Balaban J connectivity index is 2.21. The molecule has 6 heteroatoms. The van der Waals surface area contributed by atoms with E-state index in [0.29, 0.717) is 18.5 Å². The van der Waals surface area contributed by atoms with Gasteiger partial charge in [-0.3, -0.25) is 9.69 Å². The maximum Gasteiger partial charge on any atom is 0.414 e. The van der Waals surface area contributed by atoms with E-state index in [-0.39, 0.29) is 18.7 Å². The highest BCUT2D eigenvalue weighted by Gasteiger charge is 2.26. The van der Waals surface area contributed by atoms with Gasteiger partial charge in [-0.2, -0.15) is 0 Å². The van der Waals surface area contributed by atoms with Crippen molar-refractivity contribution in [1.82, 2.24) is 0 Å². The fraction of sp³-hybridized carbons (Fsp3) is 0.333. The SMILES string of the molecule is O=C(O)CCc1ccc(F)c(N2CCOC2=O)c1. The number of ether oxygens (including phenoxy) is 1. The molecule has 18 heavy (non-hydrogen) atoms. The zero-order chi connectivity index (χ0) is 13.1. The molecule has 0 bridgehead atoms. The first kappa shape index (κ1) is 12.3. The lowest BCUT2D eigenvalue weighted by molar-refractivity contribution is -0.136. The Hall–Kier alpha value is -2.11. The zero-order valence-electron chi connectivity index (χ0n) is 9.56. The molecule has 5 nitrogen and oxygen atoms in total. The summed E-state index contributed by atoms with van der Waals surface area (Å²) >= 11 is 0. The zero-order valence-corrected chi connectivity index (χ0v) is 9.56. The number of hydrogen-bond acceptors (Lipinski definition) is 3. The number of carboxylic acids is 1. The molecule has 0 saturated carbocycles. The number of halogens is 1. The van der Waals surface area contributed by atoms with E-state index in [1.165, 1.54) is 23.1 Å². The molecule has 1 aliphatic rings. The average molecular weight is 253 g/mol. The highest BCUT2D eigenvalue weighted by Crippen LogP contribution is 2.24. The van der Waals surface area contributed by atoms with Gasteiger partial charge in [-0.1, -0.05) is 6.07 Å². The van der Waals surface area contributed by atoms with Crippen molar-refractivity contribution >= 4 is 17.7 Å². The standard InChI is InChI=1S/C12H12FNO4/c13-9-3-1-8(2-4-11(15)16)7-10(9)14-5-6-18-12(14)17/h1,3,7H,2,4-6H2,(H,15,16). The first-order chi connectivity index (χ1) is 8.58. The van der Waals surface area contributed by atoms with Crippen LogP contribution in [-0.2, 0) is 16.0 Å². The van der Waals surface area contributed by atoms with E-state index in [9.17, 15) is 14.0 Å². The third-order valence-corrected chi connectivity index (χ3v) is 2.69. The number of carbonyl (C=O) groups excluding carboxylic acids is 1. The van der Waals surface area contributed by atoms with Crippen molar-refractivity contribution in [2.75, 3.05) is 18.1 Å². The van der Waals surface area contributed by atoms with Gasteiger partial charge in [0.1, 0.15) is 12.4 Å². The number of hydrogen-bond donors (Lipinski definition) is 1. The minimum absolute atomic E-state index is 0.0322. The second kappa shape index (κ2) is 5.03. The predicted octanol–water partition coefficient (Wildman–Crippen LogP) is 1.80. The van der Waals surface area contributed by atoms with Gasteiger partial charge in [0, 0.05) is 6.42 Å². The van der Waals surface area contributed by atoms with Gasteiger partial charge in [-0.05, 0) is 24.1 Å². The van der Waals surface area contributed by atoms with Crippen molar-refractivity contribution in [3.05, 3.63) is 29.6 Å². The Bertz CT molecular complexity index is 489. The maximum atomic E-state index is 13.6. The van der Waals surface area contributed by atoms with Gasteiger partial charge in [0.15, 0.2) is 0 Å². The van der Waals surface area contributed by atoms with Crippen LogP contribution in [0.25, 0.3) is 0 Å². The Morgan fingerprint density at radius 1 is 1.50 bits per heavy atom. The minimum atomic E-state index is -0.915. The summed E-state index contributed by atoms with van der Waals surface area (Å²) in [5.74, 6) is -1.44. The molecule has 0 aliphatic carbocycles. The largest absolute Gasteiger partial charge is 0.481 e. The lowest BCUT2D eigenvalue weighted by atomic mass is 10.1. The summed E-state index contributed by atoms with van der Waals surface area (Å²) in [6, 6.07) is 4.24. The van der Waals surface area contributed by atoms with Crippen LogP contribution < -0.4 is 4.90 Å². The van der Waals surface area contributed by atoms with Crippen LogP contribution in [0.5, 0.6) is 0 Å². The second-order valence-electron chi connectivity index (χ2n) is 3.95. The molecule has 2 rings (SSSR count). The summed E-state index contributed by atoms with van der Waals surface area (Å²) in [5.41, 5.74) is 0.814. The fourth-order valence-corrected chi connectivity index (χ4v) is 1.78. The molecule has 0 radical (unpaired) electrons. The summed E-state index contributed by atoms with van der Waals surface area (Å²) in [7, 11) is 0. The van der Waals surface area contributed by atoms with Crippen molar-refractivity contribution in [3.63, 3.8) is 0 Å². The van der Waals surface area contributed by atoms with Gasteiger partial charge < -0.3 is 9.84 Å². The van der Waals surface area contributed by atoms with E-state index in [1.54, 1.807) is 0 Å². The van der Waals surface area contributed by atoms with Crippen LogP contribution in [-0.4, -0.2) is 30.3 Å². The quantitative estimate of drug-likeness (QED) is 0.888. The monoisotopic (exact) mass is 253 g/mol. The van der Waals surface area contributed by atoms with Crippen molar-refractivity contribution < 1.29 is 23.8 Å². The van der Waals surface area contributed by atoms with Gasteiger partial charge in [0.2, 0.25) is 0 Å². The molecule has 1 heterocycles. The minimum Gasteiger partial charge on any atom is -0.481 e. The molecule has 0 atom stereocenters. The van der Waals surface area contributed by atoms with Gasteiger partial charge in [-0.25, -0.2) is 9.18 Å². The summed E-state index contributed by atoms with van der Waals surface area (Å²) < 4.78 is 18.4. The van der Waals surface area contributed by atoms with Gasteiger partial charge in [0.05, 0.1) is 12.2 Å². The van der Waals surface area contributed by atoms with Crippen molar-refractivity contribution in [2.24, 2.45) is 0 Å². The van der Waals surface area contributed by atoms with Crippen molar-refractivity contribution in [2.45, 2.75) is 12.8 Å². The Kier molecular flexibility index (Phi) is 3.45. The molecule has 0 unspecified atom stereocenters. The number of cyclic esters (lactones) is 1. The summed E-state index contributed by atoms with van der Waals surface area (Å²) in [5, 5.41) is 8.59. The van der Waals surface area contributed by atoms with E-state index in [1.807, 2.05) is 0 Å². The molecule has 1 N–H and O–H groups in total. The smallest absolute Gasteiger partial charge is 0.414 e. The first-order valence-corrected chi connectivity index (χ1v) is 5.52. The first-order valence-electron chi connectivity index (χ1n) is 5.52. The van der Waals surface area contributed by atoms with Crippen LogP contribution in [0.1, 0.15) is 12.0 Å². The second-order valence-corrected chi connectivity index (χ2v) is 3.95. The molecule has 1 aliphatic heterocycles. The Morgan fingerprint density at radius 2 is 2.28 bits per heavy atom. The molecule has 1 aromatic carbocycles. The maximum absolute atomic E-state index is 13.6. The molecular formula is C12H12FNO4. The van der Waals surface area contributed by atoms with Crippen LogP contribution in [0.15, 0.2) is 18.2 Å². The van der Waals surface area contributed by atoms with Crippen LogP contribution in [0, 0.1) is 5.82 Å². The molecular weight excluding hydrogens is 241 g/mol. The van der Waals surface area contributed by atoms with E-state index < -0.39 is 17.9 Å². The lowest BCUT2D eigenvalue weighted by Gasteiger charge is -2.14. The van der Waals surface area contributed by atoms with E-state index in [4.69, 9.17) is 9.84 Å². The highest BCUT2D eigenvalue weighted by atomic mass is 19.1. The van der Waals surface area contributed by atoms with E-state index in [0.717, 1.165) is 0 Å². The third kappa shape index (κ3) is 2.58. The molecule has 1 aromatic rings. The number of nitrogens with zero attached hydrogens (tertiary/aromatic N) is 1. The number of carboxylic acid groups (broad SMARTS) is 1. The third-order valence-electron chi connectivity index (χ3n) is 2.69. The van der Waals surface area contributed by atoms with E-state index in [2.05, 4.69) is 0 Å². The molecule has 0 aromatic heterocycles.